The third-order valence-electron chi connectivity index (χ3n) is 4.60. The average Bonchev–Trinajstić information content (AvgIpc) is 2.30. The first-order chi connectivity index (χ1) is 9.28. The summed E-state index contributed by atoms with van der Waals surface area (Å²) in [4.78, 5) is 0. The molecule has 1 rings (SSSR count). The van der Waals surface area contributed by atoms with Gasteiger partial charge in [0.05, 0.1) is 11.2 Å². The Labute approximate surface area is 126 Å². The minimum Gasteiger partial charge on any atom is -0.376 e. The molecule has 0 amide bonds. The van der Waals surface area contributed by atoms with E-state index < -0.39 is 0 Å². The Bertz CT molecular complexity index is 235. The molecule has 0 aromatic rings. The number of hydrogen-bond acceptors (Lipinski definition) is 2. The van der Waals surface area contributed by atoms with Crippen LogP contribution in [0.4, 0.5) is 0 Å². The van der Waals surface area contributed by atoms with Crippen molar-refractivity contribution in [3.63, 3.8) is 0 Å². The maximum Gasteiger partial charge on any atom is 0.0629 e. The molecule has 0 aliphatic heterocycles. The quantitative estimate of drug-likeness (QED) is 0.609. The first-order valence-electron chi connectivity index (χ1n) is 8.56. The van der Waals surface area contributed by atoms with Crippen molar-refractivity contribution in [2.75, 3.05) is 13.2 Å². The average molecular weight is 284 g/mol. The van der Waals surface area contributed by atoms with Gasteiger partial charge in [-0.15, -0.1) is 0 Å². The molecule has 0 heterocycles. The van der Waals surface area contributed by atoms with Crippen molar-refractivity contribution in [3.05, 3.63) is 0 Å². The molecule has 0 saturated heterocycles. The fourth-order valence-electron chi connectivity index (χ4n) is 3.93. The van der Waals surface area contributed by atoms with Crippen molar-refractivity contribution in [1.29, 1.82) is 0 Å². The molecule has 0 bridgehead atoms. The lowest BCUT2D eigenvalue weighted by Gasteiger charge is -2.37. The lowest BCUT2D eigenvalue weighted by Crippen LogP contribution is -2.32. The van der Waals surface area contributed by atoms with E-state index in [1.165, 1.54) is 38.5 Å². The van der Waals surface area contributed by atoms with Crippen LogP contribution in [0.15, 0.2) is 0 Å². The van der Waals surface area contributed by atoms with Crippen LogP contribution in [-0.2, 0) is 9.47 Å². The number of hydrogen-bond donors (Lipinski definition) is 0. The van der Waals surface area contributed by atoms with Crippen LogP contribution in [0.1, 0.15) is 80.1 Å². The van der Waals surface area contributed by atoms with Gasteiger partial charge in [0.25, 0.3) is 0 Å². The van der Waals surface area contributed by atoms with Crippen LogP contribution < -0.4 is 0 Å². The maximum absolute atomic E-state index is 5.85. The monoisotopic (exact) mass is 284 g/mol. The van der Waals surface area contributed by atoms with Gasteiger partial charge >= 0.3 is 0 Å². The normalized spacial score (nSPS) is 24.9. The second-order valence-corrected chi connectivity index (χ2v) is 7.68. The molecular weight excluding hydrogens is 248 g/mol. The minimum absolute atomic E-state index is 0.0524. The van der Waals surface area contributed by atoms with Gasteiger partial charge in [-0.1, -0.05) is 25.7 Å². The third-order valence-corrected chi connectivity index (χ3v) is 4.60. The zero-order valence-electron chi connectivity index (χ0n) is 14.6. The van der Waals surface area contributed by atoms with Crippen LogP contribution >= 0.6 is 0 Å². The van der Waals surface area contributed by atoms with Gasteiger partial charge in [0.15, 0.2) is 0 Å². The van der Waals surface area contributed by atoms with Crippen LogP contribution in [0.5, 0.6) is 0 Å². The van der Waals surface area contributed by atoms with E-state index in [-0.39, 0.29) is 11.2 Å². The fraction of sp³-hybridized carbons (Fsp3) is 1.00. The minimum atomic E-state index is 0.0524. The summed E-state index contributed by atoms with van der Waals surface area (Å²) in [6, 6.07) is 0. The van der Waals surface area contributed by atoms with E-state index in [0.29, 0.717) is 0 Å². The van der Waals surface area contributed by atoms with Crippen LogP contribution in [0.3, 0.4) is 0 Å². The number of ether oxygens (including phenoxy) is 2. The SMILES string of the molecule is CCOC(C)(C)CC1CCC(CC(C)(C)OCC)CC1. The predicted octanol–water partition coefficient (Wildman–Crippen LogP) is 5.20. The molecule has 2 nitrogen and oxygen atoms in total. The smallest absolute Gasteiger partial charge is 0.0629 e. The van der Waals surface area contributed by atoms with E-state index in [4.69, 9.17) is 9.47 Å². The molecule has 2 heteroatoms. The Morgan fingerprint density at radius 3 is 1.25 bits per heavy atom. The van der Waals surface area contributed by atoms with Gasteiger partial charge in [-0.25, -0.2) is 0 Å². The molecule has 1 aliphatic rings. The highest BCUT2D eigenvalue weighted by Crippen LogP contribution is 2.38. The van der Waals surface area contributed by atoms with Crippen LogP contribution in [0.2, 0.25) is 0 Å². The Morgan fingerprint density at radius 2 is 1.00 bits per heavy atom. The van der Waals surface area contributed by atoms with Crippen LogP contribution in [0.25, 0.3) is 0 Å². The molecule has 0 N–H and O–H groups in total. The van der Waals surface area contributed by atoms with Crippen molar-refractivity contribution in [1.82, 2.24) is 0 Å². The summed E-state index contributed by atoms with van der Waals surface area (Å²) < 4.78 is 11.7. The molecule has 0 spiro atoms. The molecule has 20 heavy (non-hydrogen) atoms. The molecule has 0 aromatic heterocycles. The molecule has 120 valence electrons. The van der Waals surface area contributed by atoms with E-state index in [0.717, 1.165) is 25.0 Å². The molecule has 1 fully saturated rings. The molecule has 1 aliphatic carbocycles. The molecule has 1 saturated carbocycles. The van der Waals surface area contributed by atoms with Crippen LogP contribution in [0, 0.1) is 11.8 Å². The zero-order chi connectivity index (χ0) is 15.2. The van der Waals surface area contributed by atoms with Gasteiger partial charge in [0.1, 0.15) is 0 Å². The second kappa shape index (κ2) is 7.79. The van der Waals surface area contributed by atoms with Crippen molar-refractivity contribution < 1.29 is 9.47 Å². The van der Waals surface area contributed by atoms with Gasteiger partial charge in [0, 0.05) is 13.2 Å². The maximum atomic E-state index is 5.85. The van der Waals surface area contributed by atoms with Gasteiger partial charge in [0.2, 0.25) is 0 Å². The summed E-state index contributed by atoms with van der Waals surface area (Å²) in [7, 11) is 0. The van der Waals surface area contributed by atoms with E-state index in [2.05, 4.69) is 41.5 Å². The summed E-state index contributed by atoms with van der Waals surface area (Å²) in [5, 5.41) is 0. The topological polar surface area (TPSA) is 18.5 Å². The molecule has 0 radical (unpaired) electrons. The Morgan fingerprint density at radius 1 is 0.700 bits per heavy atom. The summed E-state index contributed by atoms with van der Waals surface area (Å²) in [5.41, 5.74) is 0.105. The first kappa shape index (κ1) is 18.0. The Balaban J connectivity index is 2.33. The molecule has 0 aromatic carbocycles. The van der Waals surface area contributed by atoms with Gasteiger partial charge in [-0.3, -0.25) is 0 Å². The van der Waals surface area contributed by atoms with Crippen molar-refractivity contribution in [2.45, 2.75) is 91.3 Å². The molecule has 0 unspecified atom stereocenters. The third kappa shape index (κ3) is 6.58. The Kier molecular flexibility index (Phi) is 7.00. The highest BCUT2D eigenvalue weighted by atomic mass is 16.5. The highest BCUT2D eigenvalue weighted by molar-refractivity contribution is 4.82. The van der Waals surface area contributed by atoms with E-state index in [1.54, 1.807) is 0 Å². The Hall–Kier alpha value is -0.0800. The van der Waals surface area contributed by atoms with Gasteiger partial charge in [-0.05, 0) is 66.2 Å². The molecule has 0 atom stereocenters. The zero-order valence-corrected chi connectivity index (χ0v) is 14.6. The van der Waals surface area contributed by atoms with Crippen molar-refractivity contribution >= 4 is 0 Å². The van der Waals surface area contributed by atoms with Crippen LogP contribution in [-0.4, -0.2) is 24.4 Å². The van der Waals surface area contributed by atoms with Gasteiger partial charge < -0.3 is 9.47 Å². The number of rotatable bonds is 8. The van der Waals surface area contributed by atoms with E-state index in [9.17, 15) is 0 Å². The van der Waals surface area contributed by atoms with E-state index >= 15 is 0 Å². The first-order valence-corrected chi connectivity index (χ1v) is 8.56. The fourth-order valence-corrected chi connectivity index (χ4v) is 3.93. The highest BCUT2D eigenvalue weighted by Gasteiger charge is 2.30. The van der Waals surface area contributed by atoms with Gasteiger partial charge in [-0.2, -0.15) is 0 Å². The predicted molar refractivity (Wildman–Crippen MR) is 86.1 cm³/mol. The summed E-state index contributed by atoms with van der Waals surface area (Å²) in [6.45, 7) is 14.8. The summed E-state index contributed by atoms with van der Waals surface area (Å²) >= 11 is 0. The second-order valence-electron chi connectivity index (χ2n) is 7.68. The van der Waals surface area contributed by atoms with Crippen molar-refractivity contribution in [2.24, 2.45) is 11.8 Å². The standard InChI is InChI=1S/C18H36O2/c1-7-19-17(3,4)13-15-9-11-16(12-10-15)14-18(5,6)20-8-2/h15-16H,7-14H2,1-6H3. The lowest BCUT2D eigenvalue weighted by atomic mass is 9.74. The largest absolute Gasteiger partial charge is 0.376 e. The molecular formula is C18H36O2. The van der Waals surface area contributed by atoms with E-state index in [1.807, 2.05) is 0 Å². The lowest BCUT2D eigenvalue weighted by molar-refractivity contribution is -0.0430. The summed E-state index contributed by atoms with van der Waals surface area (Å²) in [5.74, 6) is 1.70. The van der Waals surface area contributed by atoms with Crippen molar-refractivity contribution in [3.8, 4) is 0 Å². The summed E-state index contributed by atoms with van der Waals surface area (Å²) in [6.07, 6.45) is 7.88.